The zero-order valence-electron chi connectivity index (χ0n) is 20.5. The number of hydrogen-bond acceptors (Lipinski definition) is 6. The van der Waals surface area contributed by atoms with Gasteiger partial charge in [0.25, 0.3) is 11.7 Å². The molecule has 7 heteroatoms. The molecule has 1 saturated heterocycles. The van der Waals surface area contributed by atoms with Crippen LogP contribution in [0.1, 0.15) is 48.1 Å². The van der Waals surface area contributed by atoms with Gasteiger partial charge in [0.1, 0.15) is 34.8 Å². The molecule has 3 aromatic rings. The molecule has 0 radical (unpaired) electrons. The minimum atomic E-state index is -0.939. The molecule has 182 valence electrons. The predicted octanol–water partition coefficient (Wildman–Crippen LogP) is 5.63. The Morgan fingerprint density at radius 1 is 0.971 bits per heavy atom. The van der Waals surface area contributed by atoms with Crippen molar-refractivity contribution in [3.8, 4) is 11.5 Å². The summed E-state index contributed by atoms with van der Waals surface area (Å²) in [5, 5.41) is 11.5. The normalized spacial score (nSPS) is 17.2. The lowest BCUT2D eigenvalue weighted by atomic mass is 9.98. The van der Waals surface area contributed by atoms with Gasteiger partial charge in [0.05, 0.1) is 24.4 Å². The van der Waals surface area contributed by atoms with E-state index in [2.05, 4.69) is 0 Å². The summed E-state index contributed by atoms with van der Waals surface area (Å²) >= 11 is 0. The van der Waals surface area contributed by atoms with Crippen LogP contribution in [0.25, 0.3) is 5.76 Å². The molecule has 4 rings (SSSR count). The highest BCUT2D eigenvalue weighted by Gasteiger charge is 2.49. The lowest BCUT2D eigenvalue weighted by Gasteiger charge is -2.25. The number of ketones is 1. The molecular weight excluding hydrogens is 446 g/mol. The van der Waals surface area contributed by atoms with Gasteiger partial charge in [-0.1, -0.05) is 17.7 Å². The number of hydrogen-bond donors (Lipinski definition) is 1. The third kappa shape index (κ3) is 4.41. The number of amides is 1. The number of benzene rings is 2. The van der Waals surface area contributed by atoms with Crippen LogP contribution in [0.4, 0.5) is 5.69 Å². The van der Waals surface area contributed by atoms with Gasteiger partial charge in [-0.25, -0.2) is 0 Å². The standard InChI is InChI=1S/C28H29NO6/c1-6-33-19-10-11-20(23(15-19)34-7-2)26(30)24-25(22-13-9-18(5)35-22)29(28(32)27(24)31)21-12-8-16(3)14-17(21)4/h8-15,25,30H,6-7H2,1-5H3/b26-24-. The molecule has 0 saturated carbocycles. The number of rotatable bonds is 7. The molecule has 0 spiro atoms. The first-order chi connectivity index (χ1) is 16.8. The summed E-state index contributed by atoms with van der Waals surface area (Å²) in [5.41, 5.74) is 2.67. The summed E-state index contributed by atoms with van der Waals surface area (Å²) in [4.78, 5) is 28.2. The Balaban J connectivity index is 1.94. The molecule has 1 aliphatic heterocycles. The van der Waals surface area contributed by atoms with Gasteiger partial charge in [-0.3, -0.25) is 14.5 Å². The highest BCUT2D eigenvalue weighted by molar-refractivity contribution is 6.51. The third-order valence-corrected chi connectivity index (χ3v) is 5.91. The van der Waals surface area contributed by atoms with Crippen LogP contribution >= 0.6 is 0 Å². The Labute approximate surface area is 204 Å². The molecule has 1 amide bonds. The Hall–Kier alpha value is -4.00. The fourth-order valence-corrected chi connectivity index (χ4v) is 4.40. The van der Waals surface area contributed by atoms with Crippen LogP contribution in [-0.4, -0.2) is 30.0 Å². The quantitative estimate of drug-likeness (QED) is 0.271. The number of aliphatic hydroxyl groups excluding tert-OH is 1. The van der Waals surface area contributed by atoms with E-state index >= 15 is 0 Å². The smallest absolute Gasteiger partial charge is 0.300 e. The lowest BCUT2D eigenvalue weighted by Crippen LogP contribution is -2.30. The van der Waals surface area contributed by atoms with Crippen molar-refractivity contribution >= 4 is 23.1 Å². The van der Waals surface area contributed by atoms with Crippen LogP contribution in [-0.2, 0) is 9.59 Å². The van der Waals surface area contributed by atoms with Crippen LogP contribution in [0.2, 0.25) is 0 Å². The molecule has 0 aliphatic carbocycles. The molecular formula is C28H29NO6. The van der Waals surface area contributed by atoms with Crippen LogP contribution in [0.15, 0.2) is 58.5 Å². The van der Waals surface area contributed by atoms with Gasteiger partial charge in [0, 0.05) is 11.8 Å². The number of ether oxygens (including phenoxy) is 2. The topological polar surface area (TPSA) is 89.2 Å². The van der Waals surface area contributed by atoms with Crippen molar-refractivity contribution in [1.29, 1.82) is 0 Å². The SMILES string of the molecule is CCOc1ccc(/C(O)=C2/C(=O)C(=O)N(c3ccc(C)cc3C)C2c2ccc(C)o2)c(OCC)c1. The zero-order valence-corrected chi connectivity index (χ0v) is 20.5. The van der Waals surface area contributed by atoms with Crippen LogP contribution in [0.5, 0.6) is 11.5 Å². The summed E-state index contributed by atoms with van der Waals surface area (Å²) < 4.78 is 17.2. The predicted molar refractivity (Wildman–Crippen MR) is 133 cm³/mol. The van der Waals surface area contributed by atoms with E-state index in [4.69, 9.17) is 13.9 Å². The molecule has 1 aromatic heterocycles. The number of furan rings is 1. The van der Waals surface area contributed by atoms with Gasteiger partial charge in [0.2, 0.25) is 0 Å². The molecule has 0 bridgehead atoms. The summed E-state index contributed by atoms with van der Waals surface area (Å²) in [6.45, 7) is 10.1. The first-order valence-electron chi connectivity index (χ1n) is 11.6. The number of carbonyl (C=O) groups excluding carboxylic acids is 2. The third-order valence-electron chi connectivity index (χ3n) is 5.91. The monoisotopic (exact) mass is 475 g/mol. The molecule has 1 atom stereocenters. The first-order valence-corrected chi connectivity index (χ1v) is 11.6. The Morgan fingerprint density at radius 2 is 1.71 bits per heavy atom. The van der Waals surface area contributed by atoms with Crippen molar-refractivity contribution in [3.05, 3.63) is 82.3 Å². The minimum absolute atomic E-state index is 0.0607. The van der Waals surface area contributed by atoms with E-state index in [0.29, 0.717) is 47.5 Å². The van der Waals surface area contributed by atoms with Crippen molar-refractivity contribution in [2.75, 3.05) is 18.1 Å². The summed E-state index contributed by atoms with van der Waals surface area (Å²) in [7, 11) is 0. The largest absolute Gasteiger partial charge is 0.507 e. The fourth-order valence-electron chi connectivity index (χ4n) is 4.40. The molecule has 2 heterocycles. The van der Waals surface area contributed by atoms with E-state index in [1.165, 1.54) is 4.90 Å². The van der Waals surface area contributed by atoms with E-state index < -0.39 is 17.7 Å². The van der Waals surface area contributed by atoms with Crippen LogP contribution in [0.3, 0.4) is 0 Å². The Bertz CT molecular complexity index is 1320. The molecule has 7 nitrogen and oxygen atoms in total. The summed E-state index contributed by atoms with van der Waals surface area (Å²) in [6.07, 6.45) is 0. The fraction of sp³-hybridized carbons (Fsp3) is 0.286. The first kappa shape index (κ1) is 24.1. The van der Waals surface area contributed by atoms with Crippen molar-refractivity contribution in [2.24, 2.45) is 0 Å². The van der Waals surface area contributed by atoms with Crippen molar-refractivity contribution in [3.63, 3.8) is 0 Å². The maximum absolute atomic E-state index is 13.4. The summed E-state index contributed by atoms with van der Waals surface area (Å²) in [6, 6.07) is 13.1. The average molecular weight is 476 g/mol. The number of anilines is 1. The second kappa shape index (κ2) is 9.70. The lowest BCUT2D eigenvalue weighted by molar-refractivity contribution is -0.132. The highest BCUT2D eigenvalue weighted by atomic mass is 16.5. The van der Waals surface area contributed by atoms with E-state index in [-0.39, 0.29) is 11.3 Å². The van der Waals surface area contributed by atoms with Crippen LogP contribution in [0, 0.1) is 20.8 Å². The van der Waals surface area contributed by atoms with E-state index in [0.717, 1.165) is 11.1 Å². The molecule has 35 heavy (non-hydrogen) atoms. The van der Waals surface area contributed by atoms with Crippen molar-refractivity contribution in [1.82, 2.24) is 0 Å². The second-order valence-electron chi connectivity index (χ2n) is 8.43. The van der Waals surface area contributed by atoms with Gasteiger partial charge < -0.3 is 19.0 Å². The van der Waals surface area contributed by atoms with Gasteiger partial charge in [-0.15, -0.1) is 0 Å². The Kier molecular flexibility index (Phi) is 6.69. The molecule has 1 fully saturated rings. The maximum Gasteiger partial charge on any atom is 0.300 e. The minimum Gasteiger partial charge on any atom is -0.507 e. The number of carbonyl (C=O) groups is 2. The van der Waals surface area contributed by atoms with Gasteiger partial charge >= 0.3 is 0 Å². The van der Waals surface area contributed by atoms with Crippen LogP contribution < -0.4 is 14.4 Å². The van der Waals surface area contributed by atoms with Crippen molar-refractivity contribution in [2.45, 2.75) is 40.7 Å². The number of Topliss-reactive ketones (excluding diaryl/α,β-unsaturated/α-hetero) is 1. The second-order valence-corrected chi connectivity index (χ2v) is 8.43. The molecule has 1 unspecified atom stereocenters. The number of aliphatic hydroxyl groups is 1. The number of nitrogens with zero attached hydrogens (tertiary/aromatic N) is 1. The highest BCUT2D eigenvalue weighted by Crippen LogP contribution is 2.45. The summed E-state index contributed by atoms with van der Waals surface area (Å²) in [5.74, 6) is 0.0689. The maximum atomic E-state index is 13.4. The van der Waals surface area contributed by atoms with Gasteiger partial charge in [-0.05, 0) is 70.5 Å². The molecule has 2 aromatic carbocycles. The average Bonchev–Trinajstić information content (AvgIpc) is 3.35. The van der Waals surface area contributed by atoms with Gasteiger partial charge in [-0.2, -0.15) is 0 Å². The molecule has 1 aliphatic rings. The van der Waals surface area contributed by atoms with E-state index in [9.17, 15) is 14.7 Å². The number of aryl methyl sites for hydroxylation is 3. The van der Waals surface area contributed by atoms with E-state index in [1.54, 1.807) is 43.3 Å². The van der Waals surface area contributed by atoms with E-state index in [1.807, 2.05) is 39.8 Å². The Morgan fingerprint density at radius 3 is 2.34 bits per heavy atom. The van der Waals surface area contributed by atoms with Gasteiger partial charge in [0.15, 0.2) is 0 Å². The molecule has 1 N–H and O–H groups in total. The van der Waals surface area contributed by atoms with Crippen molar-refractivity contribution < 1.29 is 28.6 Å². The zero-order chi connectivity index (χ0) is 25.3.